The van der Waals surface area contributed by atoms with Gasteiger partial charge in [-0.2, -0.15) is 0 Å². The number of aliphatic carboxylic acids is 1. The second-order valence-corrected chi connectivity index (χ2v) is 5.86. The van der Waals surface area contributed by atoms with E-state index < -0.39 is 5.97 Å². The zero-order valence-corrected chi connectivity index (χ0v) is 13.9. The summed E-state index contributed by atoms with van der Waals surface area (Å²) in [6.45, 7) is 3.02. The van der Waals surface area contributed by atoms with E-state index in [1.54, 1.807) is 0 Å². The molecule has 0 bridgehead atoms. The van der Waals surface area contributed by atoms with Gasteiger partial charge in [0.2, 0.25) is 0 Å². The molecule has 0 radical (unpaired) electrons. The first kappa shape index (κ1) is 18.5. The third-order valence-corrected chi connectivity index (χ3v) is 3.77. The number of rotatable bonds is 13. The summed E-state index contributed by atoms with van der Waals surface area (Å²) in [5.41, 5.74) is 1.23. The molecule has 0 saturated heterocycles. The Morgan fingerprint density at radius 1 is 1.05 bits per heavy atom. The Kier molecular flexibility index (Phi) is 10.2. The van der Waals surface area contributed by atoms with Gasteiger partial charge in [-0.05, 0) is 43.4 Å². The van der Waals surface area contributed by atoms with Crippen LogP contribution in [0.2, 0.25) is 0 Å². The third-order valence-electron chi connectivity index (χ3n) is 3.77. The fraction of sp³-hybridized carbons (Fsp3) is 0.632. The maximum absolute atomic E-state index is 10.5. The first-order valence-corrected chi connectivity index (χ1v) is 8.66. The van der Waals surface area contributed by atoms with Gasteiger partial charge in [-0.15, -0.1) is 0 Å². The average molecular weight is 306 g/mol. The monoisotopic (exact) mass is 306 g/mol. The van der Waals surface area contributed by atoms with Crippen LogP contribution in [0.4, 0.5) is 0 Å². The number of unbranched alkanes of at least 4 members (excludes halogenated alkanes) is 6. The Morgan fingerprint density at radius 2 is 1.82 bits per heavy atom. The smallest absolute Gasteiger partial charge is 0.303 e. The van der Waals surface area contributed by atoms with Crippen LogP contribution in [0.1, 0.15) is 70.3 Å². The Hall–Kier alpha value is -1.51. The predicted octanol–water partition coefficient (Wildman–Crippen LogP) is 5.22. The molecule has 1 N–H and O–H groups in total. The lowest BCUT2D eigenvalue weighted by Crippen LogP contribution is -1.98. The Labute approximate surface area is 134 Å². The van der Waals surface area contributed by atoms with Crippen LogP contribution >= 0.6 is 0 Å². The van der Waals surface area contributed by atoms with Crippen LogP contribution in [0.5, 0.6) is 5.75 Å². The molecule has 0 atom stereocenters. The van der Waals surface area contributed by atoms with E-state index in [0.717, 1.165) is 38.0 Å². The fourth-order valence-corrected chi connectivity index (χ4v) is 2.47. The quantitative estimate of drug-likeness (QED) is 0.508. The van der Waals surface area contributed by atoms with E-state index in [2.05, 4.69) is 19.1 Å². The highest BCUT2D eigenvalue weighted by molar-refractivity contribution is 5.66. The SMILES string of the molecule is CCCCCCCCOc1cccc(CCCCC(=O)O)c1. The van der Waals surface area contributed by atoms with Crippen molar-refractivity contribution in [1.82, 2.24) is 0 Å². The first-order valence-electron chi connectivity index (χ1n) is 8.66. The molecule has 0 amide bonds. The lowest BCUT2D eigenvalue weighted by molar-refractivity contribution is -0.137. The first-order chi connectivity index (χ1) is 10.7. The fourth-order valence-electron chi connectivity index (χ4n) is 2.47. The molecule has 1 rings (SSSR count). The molecule has 3 nitrogen and oxygen atoms in total. The molecule has 3 heteroatoms. The van der Waals surface area contributed by atoms with Crippen molar-refractivity contribution in [1.29, 1.82) is 0 Å². The maximum atomic E-state index is 10.5. The van der Waals surface area contributed by atoms with E-state index in [4.69, 9.17) is 9.84 Å². The second kappa shape index (κ2) is 12.1. The van der Waals surface area contributed by atoms with E-state index in [-0.39, 0.29) is 6.42 Å². The highest BCUT2D eigenvalue weighted by atomic mass is 16.5. The van der Waals surface area contributed by atoms with Crippen molar-refractivity contribution in [3.63, 3.8) is 0 Å². The van der Waals surface area contributed by atoms with Crippen LogP contribution in [-0.4, -0.2) is 17.7 Å². The molecular formula is C19H30O3. The molecule has 0 heterocycles. The number of ether oxygens (including phenoxy) is 1. The van der Waals surface area contributed by atoms with Gasteiger partial charge in [-0.25, -0.2) is 0 Å². The Morgan fingerprint density at radius 3 is 2.59 bits per heavy atom. The standard InChI is InChI=1S/C19H30O3/c1-2-3-4-5-6-9-15-22-18-13-10-12-17(16-18)11-7-8-14-19(20)21/h10,12-13,16H,2-9,11,14-15H2,1H3,(H,20,21). The third kappa shape index (κ3) is 9.43. The Balaban J connectivity index is 2.16. The summed E-state index contributed by atoms with van der Waals surface area (Å²) in [7, 11) is 0. The number of hydrogen-bond donors (Lipinski definition) is 1. The minimum absolute atomic E-state index is 0.258. The van der Waals surface area contributed by atoms with Crippen LogP contribution in [-0.2, 0) is 11.2 Å². The summed E-state index contributed by atoms with van der Waals surface area (Å²) in [4.78, 5) is 10.5. The summed E-state index contributed by atoms with van der Waals surface area (Å²) in [5, 5.41) is 8.62. The average Bonchev–Trinajstić information content (AvgIpc) is 2.51. The molecule has 0 aliphatic heterocycles. The van der Waals surface area contributed by atoms with Crippen molar-refractivity contribution in [3.8, 4) is 5.75 Å². The molecule has 0 aliphatic carbocycles. The predicted molar refractivity (Wildman–Crippen MR) is 90.5 cm³/mol. The van der Waals surface area contributed by atoms with Crippen molar-refractivity contribution in [3.05, 3.63) is 29.8 Å². The highest BCUT2D eigenvalue weighted by Gasteiger charge is 2.00. The van der Waals surface area contributed by atoms with Crippen molar-refractivity contribution >= 4 is 5.97 Å². The largest absolute Gasteiger partial charge is 0.494 e. The van der Waals surface area contributed by atoms with Crippen molar-refractivity contribution in [2.75, 3.05) is 6.61 Å². The van der Waals surface area contributed by atoms with Gasteiger partial charge in [-0.1, -0.05) is 51.2 Å². The van der Waals surface area contributed by atoms with E-state index in [0.29, 0.717) is 0 Å². The number of benzene rings is 1. The Bertz CT molecular complexity index is 415. The normalized spacial score (nSPS) is 10.6. The lowest BCUT2D eigenvalue weighted by Gasteiger charge is -2.08. The molecule has 0 aromatic heterocycles. The maximum Gasteiger partial charge on any atom is 0.303 e. The van der Waals surface area contributed by atoms with Gasteiger partial charge in [0.05, 0.1) is 6.61 Å². The number of carboxylic acid groups (broad SMARTS) is 1. The summed E-state index contributed by atoms with van der Waals surface area (Å²) < 4.78 is 5.80. The van der Waals surface area contributed by atoms with Crippen LogP contribution < -0.4 is 4.74 Å². The summed E-state index contributed by atoms with van der Waals surface area (Å²) in [6.07, 6.45) is 10.5. The van der Waals surface area contributed by atoms with Gasteiger partial charge in [0.1, 0.15) is 5.75 Å². The van der Waals surface area contributed by atoms with Crippen molar-refractivity contribution < 1.29 is 14.6 Å². The van der Waals surface area contributed by atoms with Gasteiger partial charge in [0.15, 0.2) is 0 Å². The molecular weight excluding hydrogens is 276 g/mol. The van der Waals surface area contributed by atoms with Gasteiger partial charge >= 0.3 is 5.97 Å². The van der Waals surface area contributed by atoms with Crippen LogP contribution in [0.3, 0.4) is 0 Å². The second-order valence-electron chi connectivity index (χ2n) is 5.86. The molecule has 0 fully saturated rings. The lowest BCUT2D eigenvalue weighted by atomic mass is 10.1. The zero-order chi connectivity index (χ0) is 16.0. The van der Waals surface area contributed by atoms with Gasteiger partial charge in [0.25, 0.3) is 0 Å². The number of aryl methyl sites for hydroxylation is 1. The molecule has 124 valence electrons. The van der Waals surface area contributed by atoms with Crippen molar-refractivity contribution in [2.24, 2.45) is 0 Å². The van der Waals surface area contributed by atoms with E-state index in [1.165, 1.54) is 37.7 Å². The zero-order valence-electron chi connectivity index (χ0n) is 13.9. The molecule has 0 aliphatic rings. The topological polar surface area (TPSA) is 46.5 Å². The van der Waals surface area contributed by atoms with Crippen LogP contribution in [0, 0.1) is 0 Å². The van der Waals surface area contributed by atoms with Crippen LogP contribution in [0.15, 0.2) is 24.3 Å². The van der Waals surface area contributed by atoms with Crippen LogP contribution in [0.25, 0.3) is 0 Å². The molecule has 0 saturated carbocycles. The van der Waals surface area contributed by atoms with Gasteiger partial charge < -0.3 is 9.84 Å². The molecule has 0 unspecified atom stereocenters. The molecule has 0 spiro atoms. The summed E-state index contributed by atoms with van der Waals surface area (Å²) in [5.74, 6) is 0.223. The number of hydrogen-bond acceptors (Lipinski definition) is 2. The van der Waals surface area contributed by atoms with E-state index in [1.807, 2.05) is 12.1 Å². The highest BCUT2D eigenvalue weighted by Crippen LogP contribution is 2.16. The molecule has 1 aromatic carbocycles. The van der Waals surface area contributed by atoms with Gasteiger partial charge in [-0.3, -0.25) is 4.79 Å². The van der Waals surface area contributed by atoms with E-state index in [9.17, 15) is 4.79 Å². The minimum Gasteiger partial charge on any atom is -0.494 e. The minimum atomic E-state index is -0.712. The van der Waals surface area contributed by atoms with Crippen molar-refractivity contribution in [2.45, 2.75) is 71.1 Å². The van der Waals surface area contributed by atoms with E-state index >= 15 is 0 Å². The summed E-state index contributed by atoms with van der Waals surface area (Å²) >= 11 is 0. The molecule has 1 aromatic rings. The molecule has 22 heavy (non-hydrogen) atoms. The summed E-state index contributed by atoms with van der Waals surface area (Å²) in [6, 6.07) is 8.18. The van der Waals surface area contributed by atoms with Gasteiger partial charge in [0, 0.05) is 6.42 Å². The number of carbonyl (C=O) groups is 1. The number of carboxylic acids is 1.